The second-order valence-electron chi connectivity index (χ2n) is 6.94. The predicted octanol–water partition coefficient (Wildman–Crippen LogP) is 3.04. The molecule has 166 valence electrons. The average molecular weight is 454 g/mol. The summed E-state index contributed by atoms with van der Waals surface area (Å²) in [5.74, 6) is -0.152. The van der Waals surface area contributed by atoms with Gasteiger partial charge >= 0.3 is 0 Å². The monoisotopic (exact) mass is 453 g/mol. The van der Waals surface area contributed by atoms with Crippen LogP contribution in [0.3, 0.4) is 0 Å². The summed E-state index contributed by atoms with van der Waals surface area (Å²) in [6, 6.07) is 18.6. The maximum absolute atomic E-state index is 12.7. The zero-order valence-corrected chi connectivity index (χ0v) is 18.4. The highest BCUT2D eigenvalue weighted by molar-refractivity contribution is 7.89. The van der Waals surface area contributed by atoms with Gasteiger partial charge in [0.05, 0.1) is 23.3 Å². The molecule has 0 unspecified atom stereocenters. The molecule has 9 nitrogen and oxygen atoms in total. The molecule has 0 aliphatic rings. The van der Waals surface area contributed by atoms with Gasteiger partial charge in [0, 0.05) is 25.3 Å². The number of rotatable bonds is 8. The van der Waals surface area contributed by atoms with E-state index in [2.05, 4.69) is 20.9 Å². The van der Waals surface area contributed by atoms with Crippen LogP contribution in [-0.4, -0.2) is 43.1 Å². The number of nitrogens with zero attached hydrogens (tertiary/aromatic N) is 2. The number of sulfonamides is 1. The van der Waals surface area contributed by atoms with E-state index in [1.807, 2.05) is 30.3 Å². The van der Waals surface area contributed by atoms with Gasteiger partial charge in [-0.05, 0) is 48.5 Å². The lowest BCUT2D eigenvalue weighted by Gasteiger charge is -2.17. The number of likely N-dealkylation sites (N-methyl/N-ethyl adjacent to an activating group) is 1. The van der Waals surface area contributed by atoms with Gasteiger partial charge in [-0.1, -0.05) is 18.2 Å². The number of anilines is 4. The molecule has 0 aliphatic carbocycles. The van der Waals surface area contributed by atoms with Crippen molar-refractivity contribution < 1.29 is 18.0 Å². The van der Waals surface area contributed by atoms with E-state index >= 15 is 0 Å². The van der Waals surface area contributed by atoms with Crippen LogP contribution in [0, 0.1) is 0 Å². The summed E-state index contributed by atoms with van der Waals surface area (Å²) in [5, 5.41) is 8.34. The van der Waals surface area contributed by atoms with Crippen molar-refractivity contribution in [1.82, 2.24) is 9.29 Å². The quantitative estimate of drug-likeness (QED) is 0.482. The summed E-state index contributed by atoms with van der Waals surface area (Å²) in [5.41, 5.74) is 1.81. The maximum Gasteiger partial charge on any atom is 0.243 e. The molecule has 0 radical (unpaired) electrons. The van der Waals surface area contributed by atoms with Crippen molar-refractivity contribution in [3.8, 4) is 0 Å². The Morgan fingerprint density at radius 1 is 0.875 bits per heavy atom. The normalized spacial score (nSPS) is 11.1. The fourth-order valence-corrected chi connectivity index (χ4v) is 3.92. The molecule has 0 fully saturated rings. The highest BCUT2D eigenvalue weighted by atomic mass is 32.2. The summed E-state index contributed by atoms with van der Waals surface area (Å²) in [6.45, 7) is 0.986. The molecule has 1 heterocycles. The van der Waals surface area contributed by atoms with Gasteiger partial charge in [0.15, 0.2) is 0 Å². The number of hydrogen-bond donors (Lipinski definition) is 3. The molecular formula is C22H23N5O4S. The van der Waals surface area contributed by atoms with E-state index in [1.54, 1.807) is 12.1 Å². The molecular weight excluding hydrogens is 430 g/mol. The van der Waals surface area contributed by atoms with Crippen LogP contribution in [0.15, 0.2) is 77.8 Å². The molecule has 32 heavy (non-hydrogen) atoms. The molecule has 0 bridgehead atoms. The Hall–Kier alpha value is -3.76. The van der Waals surface area contributed by atoms with Crippen molar-refractivity contribution in [3.63, 3.8) is 0 Å². The highest BCUT2D eigenvalue weighted by Crippen LogP contribution is 2.18. The van der Waals surface area contributed by atoms with Crippen molar-refractivity contribution >= 4 is 44.7 Å². The summed E-state index contributed by atoms with van der Waals surface area (Å²) in [7, 11) is -2.56. The topological polar surface area (TPSA) is 121 Å². The fourth-order valence-electron chi connectivity index (χ4n) is 2.79. The molecule has 10 heteroatoms. The molecule has 3 N–H and O–H groups in total. The SMILES string of the molecule is CC(=O)Nc1ccc(S(=O)(=O)N(C)CC(=O)Nc2ccc(Nc3ccccc3)nc2)cc1. The summed E-state index contributed by atoms with van der Waals surface area (Å²) in [6.07, 6.45) is 1.48. The van der Waals surface area contributed by atoms with E-state index in [0.29, 0.717) is 17.2 Å². The third-order valence-corrected chi connectivity index (χ3v) is 6.16. The Balaban J connectivity index is 1.58. The first-order valence-corrected chi connectivity index (χ1v) is 11.1. The Labute approximate surface area is 186 Å². The molecule has 3 rings (SSSR count). The summed E-state index contributed by atoms with van der Waals surface area (Å²) in [4.78, 5) is 27.7. The zero-order chi connectivity index (χ0) is 23.1. The van der Waals surface area contributed by atoms with Gasteiger partial charge < -0.3 is 16.0 Å². The molecule has 0 saturated heterocycles. The molecule has 2 amide bonds. The third-order valence-electron chi connectivity index (χ3n) is 4.34. The first-order valence-electron chi connectivity index (χ1n) is 9.66. The lowest BCUT2D eigenvalue weighted by atomic mass is 10.3. The van der Waals surface area contributed by atoms with Crippen LogP contribution in [-0.2, 0) is 19.6 Å². The molecule has 3 aromatic rings. The van der Waals surface area contributed by atoms with Gasteiger partial charge in [-0.3, -0.25) is 9.59 Å². The molecule has 0 spiro atoms. The average Bonchev–Trinajstić information content (AvgIpc) is 2.76. The number of nitrogens with one attached hydrogen (secondary N) is 3. The minimum atomic E-state index is -3.88. The largest absolute Gasteiger partial charge is 0.340 e. The number of benzene rings is 2. The maximum atomic E-state index is 12.7. The first-order chi connectivity index (χ1) is 15.2. The van der Waals surface area contributed by atoms with Crippen LogP contribution in [0.4, 0.5) is 22.9 Å². The standard InChI is InChI=1S/C22H23N5O4S/c1-16(28)24-18-8-11-20(12-9-18)32(30,31)27(2)15-22(29)26-19-10-13-21(23-14-19)25-17-6-4-3-5-7-17/h3-14H,15H2,1-2H3,(H,23,25)(H,24,28)(H,26,29). The van der Waals surface area contributed by atoms with Crippen molar-refractivity contribution in [2.75, 3.05) is 29.5 Å². The van der Waals surface area contributed by atoms with E-state index in [-0.39, 0.29) is 17.3 Å². The number of pyridine rings is 1. The second-order valence-corrected chi connectivity index (χ2v) is 8.98. The number of para-hydroxylation sites is 1. The molecule has 1 aromatic heterocycles. The lowest BCUT2D eigenvalue weighted by molar-refractivity contribution is -0.116. The van der Waals surface area contributed by atoms with Gasteiger partial charge in [-0.25, -0.2) is 13.4 Å². The summed E-state index contributed by atoms with van der Waals surface area (Å²) >= 11 is 0. The van der Waals surface area contributed by atoms with Gasteiger partial charge in [0.1, 0.15) is 5.82 Å². The van der Waals surface area contributed by atoms with Crippen LogP contribution < -0.4 is 16.0 Å². The number of aromatic nitrogens is 1. The third kappa shape index (κ3) is 6.13. The second kappa shape index (κ2) is 10.0. The van der Waals surface area contributed by atoms with Crippen molar-refractivity contribution in [2.24, 2.45) is 0 Å². The number of carbonyl (C=O) groups is 2. The molecule has 0 aliphatic heterocycles. The van der Waals surface area contributed by atoms with E-state index < -0.39 is 15.9 Å². The molecule has 0 saturated carbocycles. The smallest absolute Gasteiger partial charge is 0.243 e. The Morgan fingerprint density at radius 3 is 2.12 bits per heavy atom. The van der Waals surface area contributed by atoms with Crippen molar-refractivity contribution in [3.05, 3.63) is 72.9 Å². The van der Waals surface area contributed by atoms with E-state index in [1.165, 1.54) is 44.4 Å². The fraction of sp³-hybridized carbons (Fsp3) is 0.136. The van der Waals surface area contributed by atoms with E-state index in [0.717, 1.165) is 9.99 Å². The van der Waals surface area contributed by atoms with Gasteiger partial charge in [-0.2, -0.15) is 4.31 Å². The first kappa shape index (κ1) is 22.9. The molecule has 2 aromatic carbocycles. The number of hydrogen-bond acceptors (Lipinski definition) is 6. The van der Waals surface area contributed by atoms with Gasteiger partial charge in [0.2, 0.25) is 21.8 Å². The van der Waals surface area contributed by atoms with E-state index in [4.69, 9.17) is 0 Å². The van der Waals surface area contributed by atoms with Crippen LogP contribution in [0.1, 0.15) is 6.92 Å². The van der Waals surface area contributed by atoms with Crippen LogP contribution >= 0.6 is 0 Å². The van der Waals surface area contributed by atoms with Crippen molar-refractivity contribution in [2.45, 2.75) is 11.8 Å². The molecule has 0 atom stereocenters. The number of amides is 2. The minimum absolute atomic E-state index is 0.0138. The van der Waals surface area contributed by atoms with Crippen molar-refractivity contribution in [1.29, 1.82) is 0 Å². The van der Waals surface area contributed by atoms with Gasteiger partial charge in [0.25, 0.3) is 0 Å². The Bertz CT molecular complexity index is 1180. The van der Waals surface area contributed by atoms with Crippen LogP contribution in [0.5, 0.6) is 0 Å². The zero-order valence-electron chi connectivity index (χ0n) is 17.6. The lowest BCUT2D eigenvalue weighted by Crippen LogP contribution is -2.35. The Kier molecular flexibility index (Phi) is 7.18. The van der Waals surface area contributed by atoms with Crippen LogP contribution in [0.25, 0.3) is 0 Å². The highest BCUT2D eigenvalue weighted by Gasteiger charge is 2.23. The van der Waals surface area contributed by atoms with Gasteiger partial charge in [-0.15, -0.1) is 0 Å². The predicted molar refractivity (Wildman–Crippen MR) is 123 cm³/mol. The number of carbonyl (C=O) groups excluding carboxylic acids is 2. The summed E-state index contributed by atoms with van der Waals surface area (Å²) < 4.78 is 26.4. The van der Waals surface area contributed by atoms with Crippen LogP contribution in [0.2, 0.25) is 0 Å². The Morgan fingerprint density at radius 2 is 1.53 bits per heavy atom. The minimum Gasteiger partial charge on any atom is -0.340 e. The van der Waals surface area contributed by atoms with E-state index in [9.17, 15) is 18.0 Å².